The molecule has 0 atom stereocenters. The molecule has 160 valence electrons. The third-order valence-corrected chi connectivity index (χ3v) is 5.36. The maximum absolute atomic E-state index is 13.9. The van der Waals surface area contributed by atoms with Gasteiger partial charge in [0.25, 0.3) is 0 Å². The Balaban J connectivity index is 0.00000150. The van der Waals surface area contributed by atoms with E-state index in [1.165, 1.54) is 11.8 Å². The van der Waals surface area contributed by atoms with E-state index in [0.717, 1.165) is 31.7 Å². The third-order valence-electron chi connectivity index (χ3n) is 5.36. The van der Waals surface area contributed by atoms with Gasteiger partial charge in [-0.15, -0.1) is 24.8 Å². The van der Waals surface area contributed by atoms with E-state index in [0.29, 0.717) is 44.7 Å². The number of nitrogens with one attached hydrogen (secondary N) is 1. The molecule has 1 saturated heterocycles. The van der Waals surface area contributed by atoms with Crippen LogP contribution >= 0.6 is 24.8 Å². The highest BCUT2D eigenvalue weighted by Crippen LogP contribution is 2.20. The Hall–Kier alpha value is -1.83. The summed E-state index contributed by atoms with van der Waals surface area (Å²) in [6.07, 6.45) is 2.23. The number of amides is 1. The number of rotatable bonds is 4. The topological polar surface area (TPSA) is 53.4 Å². The molecule has 0 saturated carbocycles. The van der Waals surface area contributed by atoms with Crippen LogP contribution < -0.4 is 10.2 Å². The van der Waals surface area contributed by atoms with Gasteiger partial charge >= 0.3 is 0 Å². The Kier molecular flexibility index (Phi) is 8.74. The van der Waals surface area contributed by atoms with Crippen molar-refractivity contribution in [2.75, 3.05) is 37.6 Å². The number of fused-ring (bicyclic) bond motifs is 1. The molecule has 0 spiro atoms. The van der Waals surface area contributed by atoms with Crippen LogP contribution in [0.4, 0.5) is 10.1 Å². The minimum Gasteiger partial charge on any atom is -0.366 e. The Morgan fingerprint density at radius 3 is 2.62 bits per heavy atom. The minimum absolute atomic E-state index is 0. The van der Waals surface area contributed by atoms with Crippen molar-refractivity contribution in [1.82, 2.24) is 20.0 Å². The second-order valence-corrected chi connectivity index (χ2v) is 7.20. The van der Waals surface area contributed by atoms with Crippen LogP contribution in [0.1, 0.15) is 24.2 Å². The average molecular weight is 444 g/mol. The smallest absolute Gasteiger partial charge is 0.223 e. The van der Waals surface area contributed by atoms with Crippen LogP contribution in [0, 0.1) is 5.82 Å². The first-order chi connectivity index (χ1) is 13.2. The van der Waals surface area contributed by atoms with Crippen LogP contribution in [0.2, 0.25) is 0 Å². The lowest BCUT2D eigenvalue weighted by atomic mass is 10.2. The van der Waals surface area contributed by atoms with Gasteiger partial charge in [-0.05, 0) is 31.2 Å². The van der Waals surface area contributed by atoms with Gasteiger partial charge in [0.15, 0.2) is 0 Å². The van der Waals surface area contributed by atoms with Gasteiger partial charge in [0.1, 0.15) is 5.82 Å². The van der Waals surface area contributed by atoms with Crippen LogP contribution in [-0.4, -0.2) is 53.3 Å². The van der Waals surface area contributed by atoms with Crippen molar-refractivity contribution in [2.45, 2.75) is 32.4 Å². The lowest BCUT2D eigenvalue weighted by Crippen LogP contribution is -2.49. The van der Waals surface area contributed by atoms with E-state index in [4.69, 9.17) is 0 Å². The molecule has 0 aliphatic carbocycles. The number of para-hydroxylation sites is 1. The highest BCUT2D eigenvalue weighted by atomic mass is 35.5. The molecule has 0 radical (unpaired) electrons. The first-order valence-corrected chi connectivity index (χ1v) is 9.74. The number of aryl methyl sites for hydroxylation is 2. The summed E-state index contributed by atoms with van der Waals surface area (Å²) in [5.74, 6) is -0.0455. The van der Waals surface area contributed by atoms with Crippen LogP contribution in [-0.2, 0) is 24.3 Å². The van der Waals surface area contributed by atoms with E-state index in [1.807, 2.05) is 15.9 Å². The lowest BCUT2D eigenvalue weighted by molar-refractivity contribution is -0.131. The molecule has 4 rings (SSSR count). The van der Waals surface area contributed by atoms with Crippen LogP contribution in [0.3, 0.4) is 0 Å². The molecule has 3 heterocycles. The van der Waals surface area contributed by atoms with Gasteiger partial charge in [0, 0.05) is 52.1 Å². The van der Waals surface area contributed by atoms with Crippen molar-refractivity contribution in [1.29, 1.82) is 0 Å². The standard InChI is InChI=1S/C20H26FN5O.2ClH/c21-18-4-1-2-5-19(18)24-10-12-25(13-11-24)20(27)7-6-16-14-17-15-22-8-3-9-26(17)23-16;;/h1-2,4-5,14,22H,3,6-13,15H2;2*1H. The summed E-state index contributed by atoms with van der Waals surface area (Å²) in [4.78, 5) is 16.5. The summed E-state index contributed by atoms with van der Waals surface area (Å²) < 4.78 is 16.0. The maximum Gasteiger partial charge on any atom is 0.223 e. The number of halogens is 3. The fourth-order valence-electron chi connectivity index (χ4n) is 3.84. The normalized spacial score (nSPS) is 16.3. The summed E-state index contributed by atoms with van der Waals surface area (Å²) in [6, 6.07) is 8.93. The van der Waals surface area contributed by atoms with Gasteiger partial charge < -0.3 is 15.1 Å². The second-order valence-electron chi connectivity index (χ2n) is 7.20. The van der Waals surface area contributed by atoms with Crippen molar-refractivity contribution in [3.63, 3.8) is 0 Å². The molecule has 1 N–H and O–H groups in total. The highest BCUT2D eigenvalue weighted by Gasteiger charge is 2.23. The predicted molar refractivity (Wildman–Crippen MR) is 117 cm³/mol. The molecular formula is C20H28Cl2FN5O. The van der Waals surface area contributed by atoms with Crippen molar-refractivity contribution in [3.8, 4) is 0 Å². The maximum atomic E-state index is 13.9. The molecular weight excluding hydrogens is 416 g/mol. The Bertz CT molecular complexity index is 784. The number of aromatic nitrogens is 2. The van der Waals surface area contributed by atoms with Gasteiger partial charge in [-0.2, -0.15) is 5.10 Å². The molecule has 0 unspecified atom stereocenters. The number of piperazine rings is 1. The molecule has 6 nitrogen and oxygen atoms in total. The molecule has 1 amide bonds. The average Bonchev–Trinajstić information content (AvgIpc) is 2.95. The van der Waals surface area contributed by atoms with Gasteiger partial charge in [-0.25, -0.2) is 4.39 Å². The molecule has 1 aromatic heterocycles. The van der Waals surface area contributed by atoms with Crippen LogP contribution in [0.25, 0.3) is 0 Å². The fourth-order valence-corrected chi connectivity index (χ4v) is 3.84. The van der Waals surface area contributed by atoms with Gasteiger partial charge in [0.2, 0.25) is 5.91 Å². The lowest BCUT2D eigenvalue weighted by Gasteiger charge is -2.36. The Labute approximate surface area is 183 Å². The summed E-state index contributed by atoms with van der Waals surface area (Å²) in [7, 11) is 0. The zero-order valence-corrected chi connectivity index (χ0v) is 18.0. The number of hydrogen-bond acceptors (Lipinski definition) is 4. The van der Waals surface area contributed by atoms with E-state index in [9.17, 15) is 9.18 Å². The van der Waals surface area contributed by atoms with Crippen molar-refractivity contribution in [2.24, 2.45) is 0 Å². The Morgan fingerprint density at radius 1 is 1.10 bits per heavy atom. The second kappa shape index (κ2) is 10.8. The highest BCUT2D eigenvalue weighted by molar-refractivity contribution is 5.85. The van der Waals surface area contributed by atoms with E-state index in [-0.39, 0.29) is 36.5 Å². The number of carbonyl (C=O) groups excluding carboxylic acids is 1. The van der Waals surface area contributed by atoms with E-state index < -0.39 is 0 Å². The van der Waals surface area contributed by atoms with Crippen molar-refractivity contribution >= 4 is 36.4 Å². The van der Waals surface area contributed by atoms with E-state index in [2.05, 4.69) is 21.2 Å². The molecule has 2 aliphatic heterocycles. The summed E-state index contributed by atoms with van der Waals surface area (Å²) >= 11 is 0. The van der Waals surface area contributed by atoms with Crippen LogP contribution in [0.5, 0.6) is 0 Å². The predicted octanol–water partition coefficient (Wildman–Crippen LogP) is 2.64. The largest absolute Gasteiger partial charge is 0.366 e. The Morgan fingerprint density at radius 2 is 1.86 bits per heavy atom. The molecule has 29 heavy (non-hydrogen) atoms. The molecule has 2 aromatic rings. The summed E-state index contributed by atoms with van der Waals surface area (Å²) in [5.41, 5.74) is 2.82. The molecule has 1 fully saturated rings. The SMILES string of the molecule is Cl.Cl.O=C(CCc1cc2n(n1)CCCNC2)N1CCN(c2ccccc2F)CC1. The van der Waals surface area contributed by atoms with E-state index >= 15 is 0 Å². The molecule has 9 heteroatoms. The molecule has 0 bridgehead atoms. The fraction of sp³-hybridized carbons (Fsp3) is 0.500. The first kappa shape index (κ1) is 23.4. The summed E-state index contributed by atoms with van der Waals surface area (Å²) in [5, 5.41) is 8.03. The first-order valence-electron chi connectivity index (χ1n) is 9.74. The number of anilines is 1. The number of nitrogens with zero attached hydrogens (tertiary/aromatic N) is 4. The zero-order valence-electron chi connectivity index (χ0n) is 16.3. The van der Waals surface area contributed by atoms with Gasteiger partial charge in [0.05, 0.1) is 17.1 Å². The van der Waals surface area contributed by atoms with Gasteiger partial charge in [-0.3, -0.25) is 9.48 Å². The minimum atomic E-state index is -0.202. The molecule has 2 aliphatic rings. The van der Waals surface area contributed by atoms with Crippen LogP contribution in [0.15, 0.2) is 30.3 Å². The van der Waals surface area contributed by atoms with Crippen molar-refractivity contribution in [3.05, 3.63) is 47.5 Å². The number of benzene rings is 1. The van der Waals surface area contributed by atoms with Crippen molar-refractivity contribution < 1.29 is 9.18 Å². The molecule has 1 aromatic carbocycles. The third kappa shape index (κ3) is 5.62. The monoisotopic (exact) mass is 443 g/mol. The number of carbonyl (C=O) groups is 1. The van der Waals surface area contributed by atoms with Gasteiger partial charge in [-0.1, -0.05) is 12.1 Å². The zero-order chi connectivity index (χ0) is 18.6. The quantitative estimate of drug-likeness (QED) is 0.788. The summed E-state index contributed by atoms with van der Waals surface area (Å²) in [6.45, 7) is 5.41. The van der Waals surface area contributed by atoms with E-state index in [1.54, 1.807) is 12.1 Å². The number of hydrogen-bond donors (Lipinski definition) is 1.